The number of hydrogen-bond acceptors (Lipinski definition) is 14. The van der Waals surface area contributed by atoms with Crippen LogP contribution < -0.4 is 32.3 Å². The summed E-state index contributed by atoms with van der Waals surface area (Å²) in [4.78, 5) is 99.4. The van der Waals surface area contributed by atoms with Gasteiger partial charge in [-0.25, -0.2) is 14.6 Å². The summed E-state index contributed by atoms with van der Waals surface area (Å²) in [6.45, 7) is 7.71. The van der Waals surface area contributed by atoms with Crippen LogP contribution in [0.2, 0.25) is 0 Å². The number of carboxylic acids is 1. The predicted molar refractivity (Wildman–Crippen MR) is 233 cm³/mol. The Morgan fingerprint density at radius 3 is 2.25 bits per heavy atom. The Morgan fingerprint density at radius 1 is 0.917 bits per heavy atom. The average Bonchev–Trinajstić information content (AvgIpc) is 3.83. The molecule has 332 valence electrons. The van der Waals surface area contributed by atoms with Crippen LogP contribution in [-0.4, -0.2) is 131 Å². The molecule has 0 spiro atoms. The number of carbonyl (C=O) groups is 7. The number of rotatable bonds is 25. The third kappa shape index (κ3) is 17.9. The van der Waals surface area contributed by atoms with Crippen LogP contribution in [0.15, 0.2) is 23.2 Å². The number of carboxylic acid groups (broad SMARTS) is 1. The molecule has 0 saturated carbocycles. The number of thiazole rings is 1. The minimum atomic E-state index is -0.986. The number of nitrogens with two attached hydrogens (primary N) is 1. The van der Waals surface area contributed by atoms with E-state index >= 15 is 0 Å². The Kier molecular flexibility index (Phi) is 20.3. The molecule has 20 heteroatoms. The molecule has 1 aliphatic heterocycles. The fourth-order valence-electron chi connectivity index (χ4n) is 5.88. The lowest BCUT2D eigenvalue weighted by molar-refractivity contribution is -0.137. The number of aromatic nitrogens is 1. The van der Waals surface area contributed by atoms with Crippen LogP contribution in [0.1, 0.15) is 96.9 Å². The van der Waals surface area contributed by atoms with Crippen molar-refractivity contribution in [3.8, 4) is 0 Å². The monoisotopic (exact) mass is 875 g/mol. The normalized spacial score (nSPS) is 15.4. The molecule has 0 bridgehead atoms. The highest BCUT2D eigenvalue weighted by molar-refractivity contribution is 8.15. The third-order valence-electron chi connectivity index (χ3n) is 9.05. The third-order valence-corrected chi connectivity index (χ3v) is 11.3. The number of ketones is 1. The van der Waals surface area contributed by atoms with Crippen molar-refractivity contribution in [3.63, 3.8) is 0 Å². The van der Waals surface area contributed by atoms with E-state index in [0.717, 1.165) is 17.7 Å². The second kappa shape index (κ2) is 24.6. The van der Waals surface area contributed by atoms with Crippen molar-refractivity contribution in [2.75, 3.05) is 44.8 Å². The van der Waals surface area contributed by atoms with Crippen LogP contribution in [0.25, 0.3) is 10.2 Å². The van der Waals surface area contributed by atoms with Gasteiger partial charge in [0.2, 0.25) is 23.6 Å². The van der Waals surface area contributed by atoms with Gasteiger partial charge in [-0.3, -0.25) is 29.0 Å². The predicted octanol–water partition coefficient (Wildman–Crippen LogP) is 3.17. The van der Waals surface area contributed by atoms with E-state index in [1.165, 1.54) is 30.0 Å². The molecule has 4 unspecified atom stereocenters. The lowest BCUT2D eigenvalue weighted by atomic mass is 10.1. The summed E-state index contributed by atoms with van der Waals surface area (Å²) in [7, 11) is 3.90. The van der Waals surface area contributed by atoms with Crippen molar-refractivity contribution in [1.29, 1.82) is 0 Å². The van der Waals surface area contributed by atoms with Gasteiger partial charge in [0.25, 0.3) is 0 Å². The zero-order chi connectivity index (χ0) is 44.4. The number of thioether (sulfide) groups is 1. The molecule has 2 heterocycles. The summed E-state index contributed by atoms with van der Waals surface area (Å²) < 4.78 is 6.07. The van der Waals surface area contributed by atoms with E-state index in [2.05, 4.69) is 36.6 Å². The molecule has 0 fully saturated rings. The zero-order valence-electron chi connectivity index (χ0n) is 35.4. The number of fused-ring (bicyclic) bond motifs is 1. The number of alkyl carbamates (subject to hydrolysis) is 1. The highest BCUT2D eigenvalue weighted by Gasteiger charge is 2.28. The number of carbonyl (C=O) groups excluding carboxylic acids is 6. The SMILES string of the molecule is CC(NC(=O)CCCCC(=O)CNC(=O)C(CCCCN(C)C)NC(=O)OC(C)(C)C)C(=O)NC(CCCCN)C(=O)Nc1ccc2nc(C3=NC(C(=O)O)CS3)sc2c1. The minimum Gasteiger partial charge on any atom is -0.480 e. The molecule has 1 aromatic heterocycles. The Labute approximate surface area is 359 Å². The molecule has 1 aliphatic rings. The molecule has 3 rings (SSSR count). The second-order valence-electron chi connectivity index (χ2n) is 15.9. The molecule has 0 aliphatic carbocycles. The smallest absolute Gasteiger partial charge is 0.408 e. The maximum atomic E-state index is 13.4. The van der Waals surface area contributed by atoms with Gasteiger partial charge in [-0.15, -0.1) is 23.1 Å². The molecule has 8 N–H and O–H groups in total. The molecule has 0 saturated heterocycles. The van der Waals surface area contributed by atoms with Gasteiger partial charge in [0.05, 0.1) is 16.8 Å². The van der Waals surface area contributed by atoms with Crippen LogP contribution in [-0.2, 0) is 33.5 Å². The highest BCUT2D eigenvalue weighted by atomic mass is 32.2. The summed E-state index contributed by atoms with van der Waals surface area (Å²) in [6, 6.07) is 1.66. The van der Waals surface area contributed by atoms with Gasteiger partial charge >= 0.3 is 12.1 Å². The Morgan fingerprint density at radius 2 is 1.60 bits per heavy atom. The first-order valence-corrected chi connectivity index (χ1v) is 22.0. The zero-order valence-corrected chi connectivity index (χ0v) is 37.0. The highest BCUT2D eigenvalue weighted by Crippen LogP contribution is 2.31. The first-order valence-electron chi connectivity index (χ1n) is 20.2. The number of aliphatic imine (C=N–C) groups is 1. The van der Waals surface area contributed by atoms with E-state index < -0.39 is 65.5 Å². The molecule has 0 radical (unpaired) electrons. The lowest BCUT2D eigenvalue weighted by Crippen LogP contribution is -2.51. The Hall–Kier alpha value is -4.66. The van der Waals surface area contributed by atoms with E-state index in [0.29, 0.717) is 78.5 Å². The molecule has 5 amide bonds. The van der Waals surface area contributed by atoms with Gasteiger partial charge in [0.1, 0.15) is 33.8 Å². The Balaban J connectivity index is 1.45. The molecular formula is C40H61N9O9S2. The van der Waals surface area contributed by atoms with E-state index in [1.807, 2.05) is 19.0 Å². The molecule has 18 nitrogen and oxygen atoms in total. The summed E-state index contributed by atoms with van der Waals surface area (Å²) in [6.07, 6.45) is 3.61. The standard InChI is InChI=1S/C40H61N9O9S2/c1-24(43-32(51)16-8-7-13-26(50)22-42-34(53)28(15-10-12-20-49(5)6)48-39(57)58-40(2,3)4)33(52)45-29(14-9-11-19-41)35(54)44-25-17-18-27-31(21-25)60-37(46-27)36-47-30(23-59-36)38(55)56/h17-18,21,24,28-30H,7-16,19-20,22-23,41H2,1-6H3,(H,42,53)(H,43,51)(H,44,54)(H,45,52)(H,48,57)(H,55,56). The minimum absolute atomic E-state index is 0.0560. The van der Waals surface area contributed by atoms with Gasteiger partial charge in [0, 0.05) is 24.3 Å². The summed E-state index contributed by atoms with van der Waals surface area (Å²) in [5, 5.41) is 23.9. The number of hydrogen-bond donors (Lipinski definition) is 7. The Bertz CT molecular complexity index is 1850. The number of benzene rings is 1. The first kappa shape index (κ1) is 49.7. The number of aliphatic carboxylic acids is 1. The van der Waals surface area contributed by atoms with Gasteiger partial charge in [0.15, 0.2) is 11.8 Å². The van der Waals surface area contributed by atoms with E-state index in [9.17, 15) is 38.7 Å². The second-order valence-corrected chi connectivity index (χ2v) is 17.9. The van der Waals surface area contributed by atoms with Gasteiger partial charge < -0.3 is 47.1 Å². The van der Waals surface area contributed by atoms with Crippen LogP contribution in [0.3, 0.4) is 0 Å². The fraction of sp³-hybridized carbons (Fsp3) is 0.625. The van der Waals surface area contributed by atoms with Gasteiger partial charge in [-0.2, -0.15) is 0 Å². The van der Waals surface area contributed by atoms with Crippen molar-refractivity contribution < 1.29 is 43.4 Å². The average molecular weight is 876 g/mol. The number of ether oxygens (including phenoxy) is 1. The molecule has 4 atom stereocenters. The molecular weight excluding hydrogens is 815 g/mol. The summed E-state index contributed by atoms with van der Waals surface area (Å²) in [5.74, 6) is -2.75. The number of amides is 5. The van der Waals surface area contributed by atoms with Gasteiger partial charge in [-0.05, 0) is 124 Å². The van der Waals surface area contributed by atoms with Crippen LogP contribution in [0.4, 0.5) is 10.5 Å². The number of nitrogens with zero attached hydrogens (tertiary/aromatic N) is 3. The van der Waals surface area contributed by atoms with E-state index in [1.54, 1.807) is 39.0 Å². The van der Waals surface area contributed by atoms with Crippen LogP contribution in [0, 0.1) is 0 Å². The maximum Gasteiger partial charge on any atom is 0.408 e. The quantitative estimate of drug-likeness (QED) is 0.0708. The van der Waals surface area contributed by atoms with Crippen molar-refractivity contribution in [2.24, 2.45) is 10.7 Å². The van der Waals surface area contributed by atoms with Crippen molar-refractivity contribution in [3.05, 3.63) is 23.2 Å². The number of unbranched alkanes of at least 4 members (excludes halogenated alkanes) is 3. The number of Topliss-reactive ketones (excluding diaryl/α,β-unsaturated/α-hetero) is 1. The van der Waals surface area contributed by atoms with E-state index in [4.69, 9.17) is 10.5 Å². The maximum absolute atomic E-state index is 13.4. The van der Waals surface area contributed by atoms with E-state index in [-0.39, 0.29) is 25.2 Å². The van der Waals surface area contributed by atoms with Crippen molar-refractivity contribution in [2.45, 2.75) is 122 Å². The summed E-state index contributed by atoms with van der Waals surface area (Å²) in [5.41, 5.74) is 6.08. The van der Waals surface area contributed by atoms with Crippen molar-refractivity contribution >= 4 is 85.5 Å². The van der Waals surface area contributed by atoms with Crippen molar-refractivity contribution in [1.82, 2.24) is 31.2 Å². The summed E-state index contributed by atoms with van der Waals surface area (Å²) >= 11 is 2.67. The largest absolute Gasteiger partial charge is 0.480 e. The molecule has 60 heavy (non-hydrogen) atoms. The number of anilines is 1. The fourth-order valence-corrected chi connectivity index (χ4v) is 7.98. The first-order chi connectivity index (χ1) is 28.3. The lowest BCUT2D eigenvalue weighted by Gasteiger charge is -2.23. The topological polar surface area (TPSA) is 264 Å². The molecule has 2 aromatic rings. The molecule has 1 aromatic carbocycles. The van der Waals surface area contributed by atoms with Crippen LogP contribution >= 0.6 is 23.1 Å². The van der Waals surface area contributed by atoms with Crippen LogP contribution in [0.5, 0.6) is 0 Å². The van der Waals surface area contributed by atoms with Gasteiger partial charge in [-0.1, -0.05) is 0 Å². The number of nitrogens with one attached hydrogen (secondary N) is 5.